The Balaban J connectivity index is 1.46. The fourth-order valence-electron chi connectivity index (χ4n) is 4.80. The minimum absolute atomic E-state index is 0.111. The monoisotopic (exact) mass is 559 g/mol. The first kappa shape index (κ1) is 27.6. The Bertz CT molecular complexity index is 1500. The summed E-state index contributed by atoms with van der Waals surface area (Å²) in [5.74, 6) is 2.46. The molecule has 0 radical (unpaired) electrons. The average molecular weight is 560 g/mol. The van der Waals surface area contributed by atoms with Gasteiger partial charge in [-0.15, -0.1) is 0 Å². The molecule has 41 heavy (non-hydrogen) atoms. The molecule has 0 saturated carbocycles. The van der Waals surface area contributed by atoms with Crippen LogP contribution in [0.5, 0.6) is 17.2 Å². The number of benzene rings is 2. The van der Waals surface area contributed by atoms with E-state index in [0.717, 1.165) is 24.2 Å². The zero-order chi connectivity index (χ0) is 28.8. The first-order chi connectivity index (χ1) is 19.9. The third-order valence-electron chi connectivity index (χ3n) is 6.80. The van der Waals surface area contributed by atoms with Crippen LogP contribution in [0.15, 0.2) is 60.8 Å². The van der Waals surface area contributed by atoms with E-state index in [-0.39, 0.29) is 12.1 Å². The topological polar surface area (TPSA) is 143 Å². The number of aromatic nitrogens is 3. The summed E-state index contributed by atoms with van der Waals surface area (Å²) in [6.45, 7) is 3.72. The van der Waals surface area contributed by atoms with Crippen molar-refractivity contribution in [3.63, 3.8) is 0 Å². The van der Waals surface area contributed by atoms with Gasteiger partial charge in [0.2, 0.25) is 0 Å². The van der Waals surface area contributed by atoms with E-state index in [4.69, 9.17) is 14.6 Å². The van der Waals surface area contributed by atoms with Gasteiger partial charge in [0.05, 0.1) is 13.7 Å². The number of urea groups is 1. The molecule has 0 spiro atoms. The third kappa shape index (κ3) is 6.60. The SMILES string of the molecule is CCNC(=O)Nc1ccc(Oc2ccnc3c2c(N[C@@H]2CCCN(C(=O)O)C2)nn3Cc2ccc(OC)cc2)cc1. The molecule has 3 amide bonds. The van der Waals surface area contributed by atoms with Crippen molar-refractivity contribution in [2.24, 2.45) is 0 Å². The number of carbonyl (C=O) groups is 2. The molecule has 1 fully saturated rings. The summed E-state index contributed by atoms with van der Waals surface area (Å²) in [6, 6.07) is 16.2. The van der Waals surface area contributed by atoms with Gasteiger partial charge in [0.15, 0.2) is 11.5 Å². The molecule has 1 aliphatic rings. The molecule has 5 rings (SSSR count). The Hall–Kier alpha value is -5.00. The third-order valence-corrected chi connectivity index (χ3v) is 6.80. The molecule has 0 unspecified atom stereocenters. The molecule has 214 valence electrons. The lowest BCUT2D eigenvalue weighted by atomic mass is 10.1. The Labute approximate surface area is 237 Å². The molecule has 12 heteroatoms. The summed E-state index contributed by atoms with van der Waals surface area (Å²) in [5.41, 5.74) is 2.28. The number of hydrogen-bond acceptors (Lipinski definition) is 7. The van der Waals surface area contributed by atoms with Crippen LogP contribution in [0.1, 0.15) is 25.3 Å². The Kier molecular flexibility index (Phi) is 8.37. The molecule has 4 N–H and O–H groups in total. The van der Waals surface area contributed by atoms with Gasteiger partial charge < -0.3 is 35.4 Å². The molecule has 1 atom stereocenters. The molecular weight excluding hydrogens is 526 g/mol. The lowest BCUT2D eigenvalue weighted by Crippen LogP contribution is -2.44. The standard InChI is InChI=1S/C29H33N7O5/c1-3-30-28(37)33-20-8-12-23(13-9-20)41-24-14-15-31-27-25(24)26(32-21-5-4-16-35(18-21)29(38)39)34-36(27)17-19-6-10-22(40-2)11-7-19/h6-15,21H,3-5,16-18H2,1-2H3,(H,32,34)(H,38,39)(H2,30,33,37)/t21-/m1/s1. The van der Waals surface area contributed by atoms with Crippen molar-refractivity contribution in [1.29, 1.82) is 0 Å². The van der Waals surface area contributed by atoms with E-state index >= 15 is 0 Å². The summed E-state index contributed by atoms with van der Waals surface area (Å²) in [7, 11) is 1.63. The molecule has 3 heterocycles. The molecule has 0 aliphatic carbocycles. The normalized spacial score (nSPS) is 14.9. The van der Waals surface area contributed by atoms with Crippen molar-refractivity contribution in [2.45, 2.75) is 32.4 Å². The number of amides is 3. The van der Waals surface area contributed by atoms with Gasteiger partial charge in [-0.25, -0.2) is 19.3 Å². The van der Waals surface area contributed by atoms with Crippen molar-refractivity contribution in [3.8, 4) is 17.2 Å². The van der Waals surface area contributed by atoms with E-state index in [1.54, 1.807) is 43.6 Å². The maximum absolute atomic E-state index is 11.8. The molecule has 2 aromatic heterocycles. The number of methoxy groups -OCH3 is 1. The number of rotatable bonds is 9. The maximum Gasteiger partial charge on any atom is 0.407 e. The van der Waals surface area contributed by atoms with Gasteiger partial charge in [-0.05, 0) is 61.7 Å². The number of pyridine rings is 1. The van der Waals surface area contributed by atoms with E-state index in [9.17, 15) is 14.7 Å². The summed E-state index contributed by atoms with van der Waals surface area (Å²) >= 11 is 0. The number of anilines is 2. The van der Waals surface area contributed by atoms with Gasteiger partial charge in [0.25, 0.3) is 0 Å². The molecule has 1 saturated heterocycles. The maximum atomic E-state index is 11.8. The number of nitrogens with one attached hydrogen (secondary N) is 3. The highest BCUT2D eigenvalue weighted by Crippen LogP contribution is 2.35. The van der Waals surface area contributed by atoms with Crippen LogP contribution in [-0.2, 0) is 6.54 Å². The highest BCUT2D eigenvalue weighted by molar-refractivity contribution is 5.94. The Morgan fingerprint density at radius 1 is 1.07 bits per heavy atom. The van der Waals surface area contributed by atoms with Gasteiger partial charge >= 0.3 is 12.1 Å². The van der Waals surface area contributed by atoms with Crippen molar-refractivity contribution in [2.75, 3.05) is 37.4 Å². The number of ether oxygens (including phenoxy) is 2. The summed E-state index contributed by atoms with van der Waals surface area (Å²) in [4.78, 5) is 29.5. The quantitative estimate of drug-likeness (QED) is 0.225. The molecule has 2 aromatic carbocycles. The lowest BCUT2D eigenvalue weighted by Gasteiger charge is -2.31. The number of likely N-dealkylation sites (tertiary alicyclic amines) is 1. The van der Waals surface area contributed by atoms with Gasteiger partial charge in [0.1, 0.15) is 22.6 Å². The van der Waals surface area contributed by atoms with E-state index in [1.807, 2.05) is 35.9 Å². The fourth-order valence-corrected chi connectivity index (χ4v) is 4.80. The Morgan fingerprint density at radius 2 is 1.83 bits per heavy atom. The number of hydrogen-bond donors (Lipinski definition) is 4. The molecule has 12 nitrogen and oxygen atoms in total. The van der Waals surface area contributed by atoms with E-state index < -0.39 is 6.09 Å². The van der Waals surface area contributed by atoms with Crippen LogP contribution in [0.4, 0.5) is 21.1 Å². The fraction of sp³-hybridized carbons (Fsp3) is 0.310. The van der Waals surface area contributed by atoms with Crippen LogP contribution >= 0.6 is 0 Å². The smallest absolute Gasteiger partial charge is 0.407 e. The number of carboxylic acid groups (broad SMARTS) is 1. The van der Waals surface area contributed by atoms with Gasteiger partial charge in [0, 0.05) is 43.6 Å². The summed E-state index contributed by atoms with van der Waals surface area (Å²) in [5, 5.41) is 24.0. The first-order valence-electron chi connectivity index (χ1n) is 13.5. The van der Waals surface area contributed by atoms with E-state index in [1.165, 1.54) is 4.90 Å². The second-order valence-electron chi connectivity index (χ2n) is 9.68. The second-order valence-corrected chi connectivity index (χ2v) is 9.68. The second kappa shape index (κ2) is 12.5. The molecule has 1 aliphatic heterocycles. The summed E-state index contributed by atoms with van der Waals surface area (Å²) < 4.78 is 13.4. The summed E-state index contributed by atoms with van der Waals surface area (Å²) in [6.07, 6.45) is 2.31. The lowest BCUT2D eigenvalue weighted by molar-refractivity contribution is 0.133. The zero-order valence-corrected chi connectivity index (χ0v) is 23.0. The predicted octanol–water partition coefficient (Wildman–Crippen LogP) is 4.98. The van der Waals surface area contributed by atoms with Gasteiger partial charge in [-0.2, -0.15) is 5.10 Å². The largest absolute Gasteiger partial charge is 0.497 e. The van der Waals surface area contributed by atoms with Crippen LogP contribution in [0, 0.1) is 0 Å². The Morgan fingerprint density at radius 3 is 2.54 bits per heavy atom. The van der Waals surface area contributed by atoms with Crippen LogP contribution in [0.25, 0.3) is 11.0 Å². The molecular formula is C29H33N7O5. The molecule has 0 bridgehead atoms. The van der Waals surface area contributed by atoms with E-state index in [0.29, 0.717) is 60.2 Å². The minimum Gasteiger partial charge on any atom is -0.497 e. The van der Waals surface area contributed by atoms with Crippen molar-refractivity contribution in [3.05, 3.63) is 66.4 Å². The predicted molar refractivity (Wildman–Crippen MR) is 155 cm³/mol. The van der Waals surface area contributed by atoms with Crippen LogP contribution in [0.2, 0.25) is 0 Å². The molecule has 4 aromatic rings. The van der Waals surface area contributed by atoms with Crippen molar-refractivity contribution in [1.82, 2.24) is 25.0 Å². The van der Waals surface area contributed by atoms with Gasteiger partial charge in [-0.1, -0.05) is 12.1 Å². The average Bonchev–Trinajstić information content (AvgIpc) is 3.32. The number of nitrogens with zero attached hydrogens (tertiary/aromatic N) is 4. The van der Waals surface area contributed by atoms with Crippen LogP contribution < -0.4 is 25.4 Å². The number of carbonyl (C=O) groups excluding carboxylic acids is 1. The van der Waals surface area contributed by atoms with Crippen LogP contribution in [-0.4, -0.2) is 69.7 Å². The number of piperidine rings is 1. The van der Waals surface area contributed by atoms with Gasteiger partial charge in [-0.3, -0.25) is 0 Å². The highest BCUT2D eigenvalue weighted by atomic mass is 16.5. The minimum atomic E-state index is -0.929. The highest BCUT2D eigenvalue weighted by Gasteiger charge is 2.26. The number of fused-ring (bicyclic) bond motifs is 1. The van der Waals surface area contributed by atoms with Crippen molar-refractivity contribution < 1.29 is 24.2 Å². The zero-order valence-electron chi connectivity index (χ0n) is 23.0. The van der Waals surface area contributed by atoms with Crippen molar-refractivity contribution >= 4 is 34.7 Å². The van der Waals surface area contributed by atoms with E-state index in [2.05, 4.69) is 20.9 Å². The first-order valence-corrected chi connectivity index (χ1v) is 13.5. The van der Waals surface area contributed by atoms with Crippen LogP contribution in [0.3, 0.4) is 0 Å².